The van der Waals surface area contributed by atoms with Gasteiger partial charge in [-0.2, -0.15) is 0 Å². The normalized spacial score (nSPS) is 30.2. The van der Waals surface area contributed by atoms with Crippen molar-refractivity contribution in [1.82, 2.24) is 5.32 Å². The molecule has 2 heteroatoms. The van der Waals surface area contributed by atoms with E-state index < -0.39 is 0 Å². The minimum absolute atomic E-state index is 0.0882. The molecular formula is C14H21NO. The van der Waals surface area contributed by atoms with Crippen LogP contribution < -0.4 is 5.32 Å². The van der Waals surface area contributed by atoms with Crippen molar-refractivity contribution in [2.24, 2.45) is 5.92 Å². The molecule has 2 N–H and O–H groups in total. The van der Waals surface area contributed by atoms with Gasteiger partial charge < -0.3 is 10.4 Å². The van der Waals surface area contributed by atoms with E-state index in [0.717, 1.165) is 25.8 Å². The highest BCUT2D eigenvalue weighted by Gasteiger charge is 2.25. The van der Waals surface area contributed by atoms with Crippen molar-refractivity contribution in [3.05, 3.63) is 35.9 Å². The van der Waals surface area contributed by atoms with E-state index in [9.17, 15) is 5.11 Å². The van der Waals surface area contributed by atoms with Crippen LogP contribution in [0.15, 0.2) is 30.3 Å². The summed E-state index contributed by atoms with van der Waals surface area (Å²) in [7, 11) is 0. The van der Waals surface area contributed by atoms with Gasteiger partial charge in [0.15, 0.2) is 0 Å². The number of hydrogen-bond donors (Lipinski definition) is 2. The van der Waals surface area contributed by atoms with E-state index in [0.29, 0.717) is 12.0 Å². The third kappa shape index (κ3) is 3.06. The van der Waals surface area contributed by atoms with E-state index >= 15 is 0 Å². The molecule has 0 bridgehead atoms. The van der Waals surface area contributed by atoms with Gasteiger partial charge in [0.25, 0.3) is 0 Å². The largest absolute Gasteiger partial charge is 0.393 e. The molecule has 2 nitrogen and oxygen atoms in total. The minimum atomic E-state index is -0.0882. The summed E-state index contributed by atoms with van der Waals surface area (Å²) in [5.41, 5.74) is 1.33. The van der Waals surface area contributed by atoms with Crippen LogP contribution in [0.3, 0.4) is 0 Å². The molecule has 0 radical (unpaired) electrons. The third-order valence-electron chi connectivity index (χ3n) is 3.56. The van der Waals surface area contributed by atoms with Crippen molar-refractivity contribution in [1.29, 1.82) is 0 Å². The number of nitrogens with one attached hydrogen (secondary N) is 1. The Morgan fingerprint density at radius 1 is 1.25 bits per heavy atom. The second kappa shape index (κ2) is 5.46. The molecule has 1 saturated carbocycles. The highest BCUT2D eigenvalue weighted by atomic mass is 16.3. The molecule has 0 aliphatic heterocycles. The highest BCUT2D eigenvalue weighted by molar-refractivity contribution is 5.14. The molecule has 0 spiro atoms. The first-order valence-electron chi connectivity index (χ1n) is 6.21. The Balaban J connectivity index is 1.79. The van der Waals surface area contributed by atoms with E-state index in [2.05, 4.69) is 36.5 Å². The van der Waals surface area contributed by atoms with E-state index in [1.807, 2.05) is 6.07 Å². The summed E-state index contributed by atoms with van der Waals surface area (Å²) >= 11 is 0. The van der Waals surface area contributed by atoms with Crippen LogP contribution in [0.2, 0.25) is 0 Å². The maximum atomic E-state index is 9.65. The maximum Gasteiger partial charge on any atom is 0.0566 e. The van der Waals surface area contributed by atoms with Crippen LogP contribution in [0, 0.1) is 5.92 Å². The summed E-state index contributed by atoms with van der Waals surface area (Å²) < 4.78 is 0. The number of benzene rings is 1. The van der Waals surface area contributed by atoms with E-state index in [1.54, 1.807) is 0 Å². The molecule has 1 aromatic carbocycles. The fourth-order valence-corrected chi connectivity index (χ4v) is 2.42. The first-order valence-corrected chi connectivity index (χ1v) is 6.21. The van der Waals surface area contributed by atoms with Gasteiger partial charge >= 0.3 is 0 Å². The number of rotatable bonds is 3. The third-order valence-corrected chi connectivity index (χ3v) is 3.56. The first kappa shape index (κ1) is 11.6. The molecular weight excluding hydrogens is 198 g/mol. The van der Waals surface area contributed by atoms with Gasteiger partial charge in [-0.1, -0.05) is 37.3 Å². The average molecular weight is 219 g/mol. The molecule has 1 aliphatic carbocycles. The summed E-state index contributed by atoms with van der Waals surface area (Å²) in [5, 5.41) is 13.2. The van der Waals surface area contributed by atoms with Crippen molar-refractivity contribution < 1.29 is 5.11 Å². The molecule has 0 amide bonds. The molecule has 88 valence electrons. The molecule has 1 fully saturated rings. The second-order valence-corrected chi connectivity index (χ2v) is 4.92. The van der Waals surface area contributed by atoms with E-state index in [4.69, 9.17) is 0 Å². The van der Waals surface area contributed by atoms with Crippen LogP contribution in [0.5, 0.6) is 0 Å². The van der Waals surface area contributed by atoms with Gasteiger partial charge in [0.2, 0.25) is 0 Å². The van der Waals surface area contributed by atoms with Crippen molar-refractivity contribution in [3.8, 4) is 0 Å². The van der Waals surface area contributed by atoms with Crippen molar-refractivity contribution in [2.75, 3.05) is 0 Å². The predicted octanol–water partition coefficient (Wildman–Crippen LogP) is 2.33. The lowest BCUT2D eigenvalue weighted by molar-refractivity contribution is 0.0657. The van der Waals surface area contributed by atoms with Gasteiger partial charge in [0, 0.05) is 12.6 Å². The highest BCUT2D eigenvalue weighted by Crippen LogP contribution is 2.24. The second-order valence-electron chi connectivity index (χ2n) is 4.92. The summed E-state index contributed by atoms with van der Waals surface area (Å²) in [5.74, 6) is 0.432. The average Bonchev–Trinajstić information content (AvgIpc) is 2.32. The molecule has 2 rings (SSSR count). The van der Waals surface area contributed by atoms with Crippen molar-refractivity contribution >= 4 is 0 Å². The number of aliphatic hydroxyl groups is 1. The topological polar surface area (TPSA) is 32.3 Å². The predicted molar refractivity (Wildman–Crippen MR) is 66.1 cm³/mol. The zero-order valence-corrected chi connectivity index (χ0v) is 9.89. The lowest BCUT2D eigenvalue weighted by Gasteiger charge is -2.31. The number of aliphatic hydroxyl groups excluding tert-OH is 1. The SMILES string of the molecule is CC1C[C@H](NCc2ccccc2)CC[C@@H]1O. The van der Waals surface area contributed by atoms with Gasteiger partial charge in [-0.3, -0.25) is 0 Å². The molecule has 1 aliphatic rings. The fourth-order valence-electron chi connectivity index (χ4n) is 2.42. The molecule has 3 atom stereocenters. The zero-order valence-electron chi connectivity index (χ0n) is 9.89. The van der Waals surface area contributed by atoms with Gasteiger partial charge in [0.1, 0.15) is 0 Å². The lowest BCUT2D eigenvalue weighted by Crippen LogP contribution is -2.38. The Hall–Kier alpha value is -0.860. The Labute approximate surface area is 97.7 Å². The fraction of sp³-hybridized carbons (Fsp3) is 0.571. The van der Waals surface area contributed by atoms with Crippen LogP contribution in [0.4, 0.5) is 0 Å². The summed E-state index contributed by atoms with van der Waals surface area (Å²) in [6, 6.07) is 11.1. The Bertz CT molecular complexity index is 312. The quantitative estimate of drug-likeness (QED) is 0.817. The monoisotopic (exact) mass is 219 g/mol. The summed E-state index contributed by atoms with van der Waals surface area (Å²) in [6.07, 6.45) is 3.04. The van der Waals surface area contributed by atoms with Gasteiger partial charge in [-0.25, -0.2) is 0 Å². The van der Waals surface area contributed by atoms with Crippen LogP contribution in [-0.2, 0) is 6.54 Å². The summed E-state index contributed by atoms with van der Waals surface area (Å²) in [6.45, 7) is 3.08. The Morgan fingerprint density at radius 3 is 2.69 bits per heavy atom. The van der Waals surface area contributed by atoms with Gasteiger partial charge in [-0.15, -0.1) is 0 Å². The molecule has 0 saturated heterocycles. The Kier molecular flexibility index (Phi) is 3.97. The lowest BCUT2D eigenvalue weighted by atomic mass is 9.84. The van der Waals surface area contributed by atoms with Crippen LogP contribution in [0.25, 0.3) is 0 Å². The van der Waals surface area contributed by atoms with Crippen molar-refractivity contribution in [3.63, 3.8) is 0 Å². The van der Waals surface area contributed by atoms with Crippen LogP contribution in [-0.4, -0.2) is 17.3 Å². The van der Waals surface area contributed by atoms with Crippen molar-refractivity contribution in [2.45, 2.75) is 44.9 Å². The van der Waals surface area contributed by atoms with E-state index in [1.165, 1.54) is 5.56 Å². The first-order chi connectivity index (χ1) is 7.75. The molecule has 1 unspecified atom stereocenters. The number of hydrogen-bond acceptors (Lipinski definition) is 2. The van der Waals surface area contributed by atoms with Gasteiger partial charge in [0.05, 0.1) is 6.10 Å². The Morgan fingerprint density at radius 2 is 2.00 bits per heavy atom. The smallest absolute Gasteiger partial charge is 0.0566 e. The molecule has 0 aromatic heterocycles. The maximum absolute atomic E-state index is 9.65. The van der Waals surface area contributed by atoms with E-state index in [-0.39, 0.29) is 6.10 Å². The molecule has 1 aromatic rings. The van der Waals surface area contributed by atoms with Gasteiger partial charge in [-0.05, 0) is 30.7 Å². The van der Waals surface area contributed by atoms with Crippen LogP contribution >= 0.6 is 0 Å². The van der Waals surface area contributed by atoms with Crippen LogP contribution in [0.1, 0.15) is 31.7 Å². The minimum Gasteiger partial charge on any atom is -0.393 e. The standard InChI is InChI=1S/C14H21NO/c1-11-9-13(7-8-14(11)16)15-10-12-5-3-2-4-6-12/h2-6,11,13-16H,7-10H2,1H3/t11?,13-,14+/m1/s1. The zero-order chi connectivity index (χ0) is 11.4. The molecule has 0 heterocycles. The molecule has 16 heavy (non-hydrogen) atoms. The summed E-state index contributed by atoms with van der Waals surface area (Å²) in [4.78, 5) is 0.